The largest absolute Gasteiger partial charge is 0.355 e. The number of ketones is 1. The molecule has 0 saturated heterocycles. The monoisotopic (exact) mass is 358 g/mol. The van der Waals surface area contributed by atoms with Crippen LogP contribution in [0.25, 0.3) is 0 Å². The minimum Gasteiger partial charge on any atom is -0.355 e. The molecule has 0 heterocycles. The highest BCUT2D eigenvalue weighted by Gasteiger charge is 2.30. The molecule has 0 aliphatic carbocycles. The highest BCUT2D eigenvalue weighted by molar-refractivity contribution is 6.01. The molecule has 0 radical (unpaired) electrons. The second-order valence-corrected chi connectivity index (χ2v) is 5.99. The summed E-state index contributed by atoms with van der Waals surface area (Å²) < 4.78 is 0. The van der Waals surface area contributed by atoms with E-state index in [1.54, 1.807) is 6.92 Å². The van der Waals surface area contributed by atoms with Gasteiger partial charge in [-0.3, -0.25) is 14.4 Å². The molecule has 0 aromatic heterocycles. The van der Waals surface area contributed by atoms with Crippen LogP contribution in [-0.4, -0.2) is 70.0 Å². The van der Waals surface area contributed by atoms with Crippen molar-refractivity contribution in [1.29, 1.82) is 0 Å². The molecule has 0 aromatic rings. The molecule has 0 aliphatic heterocycles. The van der Waals surface area contributed by atoms with Gasteiger partial charge in [0.1, 0.15) is 5.78 Å². The quantitative estimate of drug-likeness (QED) is 0.140. The van der Waals surface area contributed by atoms with Crippen LogP contribution in [0.4, 0.5) is 0 Å². The third-order valence-electron chi connectivity index (χ3n) is 3.66. The van der Waals surface area contributed by atoms with Gasteiger partial charge in [-0.15, -0.1) is 0 Å². The van der Waals surface area contributed by atoms with Crippen LogP contribution in [0.5, 0.6) is 0 Å². The molecule has 8 N–H and O–H groups in total. The maximum absolute atomic E-state index is 12.2. The number of carbonyl (C=O) groups excluding carboxylic acids is 3. The van der Waals surface area contributed by atoms with E-state index in [1.807, 2.05) is 0 Å². The summed E-state index contributed by atoms with van der Waals surface area (Å²) in [7, 11) is 0. The number of nitrogens with one attached hydrogen (secondary N) is 4. The van der Waals surface area contributed by atoms with Crippen molar-refractivity contribution in [2.24, 2.45) is 23.3 Å². The third kappa shape index (κ3) is 11.6. The molecule has 2 amide bonds. The summed E-state index contributed by atoms with van der Waals surface area (Å²) in [6, 6.07) is 0. The maximum atomic E-state index is 12.2. The van der Waals surface area contributed by atoms with Gasteiger partial charge in [-0.1, -0.05) is 6.92 Å². The Kier molecular flexibility index (Phi) is 13.8. The van der Waals surface area contributed by atoms with Crippen LogP contribution in [0, 0.1) is 11.8 Å². The van der Waals surface area contributed by atoms with Crippen LogP contribution in [0.2, 0.25) is 0 Å². The average molecular weight is 358 g/mol. The molecule has 0 bridgehead atoms. The molecule has 2 atom stereocenters. The van der Waals surface area contributed by atoms with Crippen LogP contribution >= 0.6 is 0 Å². The predicted molar refractivity (Wildman–Crippen MR) is 97.8 cm³/mol. The van der Waals surface area contributed by atoms with E-state index >= 15 is 0 Å². The molecule has 0 rings (SSSR count). The fourth-order valence-corrected chi connectivity index (χ4v) is 2.45. The molecule has 9 heteroatoms. The zero-order valence-corrected chi connectivity index (χ0v) is 15.4. The van der Waals surface area contributed by atoms with Crippen LogP contribution in [0.15, 0.2) is 0 Å². The standard InChI is InChI=1S/C16H34N6O3/c1-12(11-14(24)21-9-7-19-5-3-17)15(13(2)23)16(25)22-10-8-20-6-4-18/h12,15,19-20H,3-11,17-18H2,1-2H3,(H,21,24)(H,22,25). The van der Waals surface area contributed by atoms with Crippen molar-refractivity contribution in [3.05, 3.63) is 0 Å². The second kappa shape index (κ2) is 14.8. The molecule has 0 spiro atoms. The molecule has 0 saturated carbocycles. The Morgan fingerprint density at radius 2 is 1.36 bits per heavy atom. The summed E-state index contributed by atoms with van der Waals surface area (Å²) in [5.74, 6) is -1.95. The van der Waals surface area contributed by atoms with E-state index < -0.39 is 5.92 Å². The minimum atomic E-state index is -0.823. The summed E-state index contributed by atoms with van der Waals surface area (Å²) in [6.45, 7) is 7.65. The van der Waals surface area contributed by atoms with Crippen molar-refractivity contribution in [1.82, 2.24) is 21.3 Å². The van der Waals surface area contributed by atoms with Gasteiger partial charge in [0.05, 0.1) is 5.92 Å². The minimum absolute atomic E-state index is 0.125. The Balaban J connectivity index is 4.25. The van der Waals surface area contributed by atoms with Gasteiger partial charge in [0.25, 0.3) is 0 Å². The zero-order chi connectivity index (χ0) is 19.1. The van der Waals surface area contributed by atoms with E-state index in [0.29, 0.717) is 52.4 Å². The summed E-state index contributed by atoms with van der Waals surface area (Å²) in [4.78, 5) is 36.0. The van der Waals surface area contributed by atoms with Crippen LogP contribution in [0.1, 0.15) is 20.3 Å². The van der Waals surface area contributed by atoms with Crippen LogP contribution < -0.4 is 32.7 Å². The first-order valence-corrected chi connectivity index (χ1v) is 8.80. The second-order valence-electron chi connectivity index (χ2n) is 5.99. The fraction of sp³-hybridized carbons (Fsp3) is 0.812. The molecule has 9 nitrogen and oxygen atoms in total. The van der Waals surface area contributed by atoms with Crippen LogP contribution in [0.3, 0.4) is 0 Å². The summed E-state index contributed by atoms with van der Waals surface area (Å²) >= 11 is 0. The molecule has 2 unspecified atom stereocenters. The Labute approximate surface area is 150 Å². The first-order chi connectivity index (χ1) is 11.9. The number of carbonyl (C=O) groups is 3. The van der Waals surface area contributed by atoms with Gasteiger partial charge in [0.2, 0.25) is 11.8 Å². The molecular formula is C16H34N6O3. The smallest absolute Gasteiger partial charge is 0.230 e. The van der Waals surface area contributed by atoms with Gasteiger partial charge >= 0.3 is 0 Å². The van der Waals surface area contributed by atoms with E-state index in [0.717, 1.165) is 0 Å². The van der Waals surface area contributed by atoms with Gasteiger partial charge in [0, 0.05) is 58.8 Å². The van der Waals surface area contributed by atoms with E-state index in [1.165, 1.54) is 6.92 Å². The molecule has 0 fully saturated rings. The lowest BCUT2D eigenvalue weighted by Gasteiger charge is -2.21. The van der Waals surface area contributed by atoms with Crippen molar-refractivity contribution >= 4 is 17.6 Å². The van der Waals surface area contributed by atoms with Crippen molar-refractivity contribution in [2.75, 3.05) is 52.4 Å². The van der Waals surface area contributed by atoms with Crippen LogP contribution in [-0.2, 0) is 14.4 Å². The van der Waals surface area contributed by atoms with Gasteiger partial charge < -0.3 is 32.7 Å². The predicted octanol–water partition coefficient (Wildman–Crippen LogP) is -2.45. The van der Waals surface area contributed by atoms with Gasteiger partial charge in [-0.25, -0.2) is 0 Å². The third-order valence-corrected chi connectivity index (χ3v) is 3.66. The van der Waals surface area contributed by atoms with Crippen molar-refractivity contribution in [2.45, 2.75) is 20.3 Å². The molecule has 0 aliphatic rings. The van der Waals surface area contributed by atoms with Crippen molar-refractivity contribution < 1.29 is 14.4 Å². The first kappa shape index (κ1) is 23.4. The van der Waals surface area contributed by atoms with Gasteiger partial charge in [-0.2, -0.15) is 0 Å². The van der Waals surface area contributed by atoms with Gasteiger partial charge in [0.15, 0.2) is 0 Å². The Hall–Kier alpha value is -1.55. The lowest BCUT2D eigenvalue weighted by Crippen LogP contribution is -2.42. The topological polar surface area (TPSA) is 151 Å². The molecule has 146 valence electrons. The maximum Gasteiger partial charge on any atom is 0.230 e. The van der Waals surface area contributed by atoms with E-state index in [9.17, 15) is 14.4 Å². The number of nitrogens with two attached hydrogens (primary N) is 2. The van der Waals surface area contributed by atoms with Crippen molar-refractivity contribution in [3.63, 3.8) is 0 Å². The highest BCUT2D eigenvalue weighted by atomic mass is 16.2. The first-order valence-electron chi connectivity index (χ1n) is 8.80. The summed E-state index contributed by atoms with van der Waals surface area (Å²) in [5.41, 5.74) is 10.7. The van der Waals surface area contributed by atoms with Crippen molar-refractivity contribution in [3.8, 4) is 0 Å². The Bertz CT molecular complexity index is 405. The van der Waals surface area contributed by atoms with E-state index in [-0.39, 0.29) is 29.9 Å². The lowest BCUT2D eigenvalue weighted by molar-refractivity contribution is -0.135. The number of hydrogen-bond donors (Lipinski definition) is 6. The Morgan fingerprint density at radius 3 is 1.84 bits per heavy atom. The number of hydrogen-bond acceptors (Lipinski definition) is 7. The zero-order valence-electron chi connectivity index (χ0n) is 15.4. The molecule has 0 aromatic carbocycles. The highest BCUT2D eigenvalue weighted by Crippen LogP contribution is 2.17. The fourth-order valence-electron chi connectivity index (χ4n) is 2.45. The molecular weight excluding hydrogens is 324 g/mol. The lowest BCUT2D eigenvalue weighted by atomic mass is 9.87. The van der Waals surface area contributed by atoms with E-state index in [2.05, 4.69) is 21.3 Å². The average Bonchev–Trinajstić information content (AvgIpc) is 2.54. The summed E-state index contributed by atoms with van der Waals surface area (Å²) in [6.07, 6.45) is 0.125. The Morgan fingerprint density at radius 1 is 0.840 bits per heavy atom. The number of amides is 2. The SMILES string of the molecule is CC(=O)C(C(=O)NCCNCCN)C(C)CC(=O)NCCNCCN. The van der Waals surface area contributed by atoms with E-state index in [4.69, 9.17) is 11.5 Å². The number of Topliss-reactive ketones (excluding diaryl/α,β-unsaturated/α-hetero) is 1. The van der Waals surface area contributed by atoms with Gasteiger partial charge in [-0.05, 0) is 12.8 Å². The summed E-state index contributed by atoms with van der Waals surface area (Å²) in [5, 5.41) is 11.6. The molecule has 25 heavy (non-hydrogen) atoms. The number of rotatable bonds is 15. The normalized spacial score (nSPS) is 13.1.